The molecule has 5 nitrogen and oxygen atoms in total. The van der Waals surface area contributed by atoms with E-state index < -0.39 is 20.7 Å². The van der Waals surface area contributed by atoms with Gasteiger partial charge >= 0.3 is 0 Å². The molecular formula is C15H20N2O3S2. The lowest BCUT2D eigenvalue weighted by molar-refractivity contribution is 0.192. The first-order valence-electron chi connectivity index (χ1n) is 6.86. The zero-order valence-corrected chi connectivity index (χ0v) is 14.4. The van der Waals surface area contributed by atoms with Gasteiger partial charge in [0.2, 0.25) is 0 Å². The largest absolute Gasteiger partial charge is 0.387 e. The first-order chi connectivity index (χ1) is 10.2. The molecule has 120 valence electrons. The highest BCUT2D eigenvalue weighted by atomic mass is 32.2. The van der Waals surface area contributed by atoms with E-state index in [1.165, 1.54) is 23.6 Å². The van der Waals surface area contributed by atoms with Crippen LogP contribution in [0, 0.1) is 0 Å². The van der Waals surface area contributed by atoms with Gasteiger partial charge in [-0.15, -0.1) is 0 Å². The van der Waals surface area contributed by atoms with Crippen molar-refractivity contribution in [3.05, 3.63) is 40.7 Å². The summed E-state index contributed by atoms with van der Waals surface area (Å²) in [6, 6.07) is 5.01. The predicted molar refractivity (Wildman–Crippen MR) is 88.9 cm³/mol. The Balaban J connectivity index is 2.04. The van der Waals surface area contributed by atoms with Crippen LogP contribution in [-0.4, -0.2) is 29.8 Å². The van der Waals surface area contributed by atoms with E-state index >= 15 is 0 Å². The van der Waals surface area contributed by atoms with Gasteiger partial charge in [0.15, 0.2) is 14.9 Å². The Morgan fingerprint density at radius 2 is 2.05 bits per heavy atom. The molecule has 0 saturated carbocycles. The fourth-order valence-corrected chi connectivity index (χ4v) is 3.53. The van der Waals surface area contributed by atoms with Crippen LogP contribution >= 0.6 is 11.3 Å². The van der Waals surface area contributed by atoms with Gasteiger partial charge in [0, 0.05) is 6.54 Å². The molecule has 0 fully saturated rings. The summed E-state index contributed by atoms with van der Waals surface area (Å²) in [5, 5.41) is 16.9. The summed E-state index contributed by atoms with van der Waals surface area (Å²) in [7, 11) is -3.45. The maximum absolute atomic E-state index is 12.3. The molecule has 2 heterocycles. The lowest BCUT2D eigenvalue weighted by atomic mass is 10.2. The normalized spacial score (nSPS) is 13.8. The van der Waals surface area contributed by atoms with Gasteiger partial charge in [-0.2, -0.15) is 11.3 Å². The van der Waals surface area contributed by atoms with E-state index in [1.54, 1.807) is 26.8 Å². The standard InChI is InChI=1S/C15H20N2O3S2/c1-15(2,3)22(19,20)14-5-4-12(8-17-14)16-9-13(18)11-6-7-21-10-11/h4-8,10,13,16,18H,9H2,1-3H3/t13-/m1/s1. The number of anilines is 1. The third-order valence-corrected chi connectivity index (χ3v) is 6.35. The van der Waals surface area contributed by atoms with Crippen LogP contribution in [0.3, 0.4) is 0 Å². The zero-order chi connectivity index (χ0) is 16.4. The van der Waals surface area contributed by atoms with E-state index in [1.807, 2.05) is 16.8 Å². The van der Waals surface area contributed by atoms with Crippen molar-refractivity contribution >= 4 is 26.9 Å². The van der Waals surface area contributed by atoms with E-state index in [-0.39, 0.29) is 5.03 Å². The Morgan fingerprint density at radius 1 is 1.32 bits per heavy atom. The van der Waals surface area contributed by atoms with Crippen molar-refractivity contribution in [3.63, 3.8) is 0 Å². The Morgan fingerprint density at radius 3 is 2.55 bits per heavy atom. The third-order valence-electron chi connectivity index (χ3n) is 3.25. The van der Waals surface area contributed by atoms with Gasteiger partial charge in [-0.3, -0.25) is 0 Å². The molecule has 22 heavy (non-hydrogen) atoms. The van der Waals surface area contributed by atoms with Crippen molar-refractivity contribution in [2.75, 3.05) is 11.9 Å². The summed E-state index contributed by atoms with van der Waals surface area (Å²) in [6.07, 6.45) is 0.864. The minimum atomic E-state index is -3.45. The molecule has 2 rings (SSSR count). The van der Waals surface area contributed by atoms with Crippen LogP contribution in [-0.2, 0) is 9.84 Å². The first kappa shape index (κ1) is 16.9. The lowest BCUT2D eigenvalue weighted by Gasteiger charge is -2.18. The highest BCUT2D eigenvalue weighted by molar-refractivity contribution is 7.92. The van der Waals surface area contributed by atoms with E-state index in [0.29, 0.717) is 12.2 Å². The van der Waals surface area contributed by atoms with Crippen LogP contribution in [0.1, 0.15) is 32.4 Å². The number of rotatable bonds is 5. The van der Waals surface area contributed by atoms with Gasteiger partial charge in [0.25, 0.3) is 0 Å². The molecule has 0 aromatic carbocycles. The number of pyridine rings is 1. The molecule has 0 spiro atoms. The highest BCUT2D eigenvalue weighted by Gasteiger charge is 2.31. The van der Waals surface area contributed by atoms with E-state index in [4.69, 9.17) is 0 Å². The van der Waals surface area contributed by atoms with Crippen LogP contribution < -0.4 is 5.32 Å². The zero-order valence-electron chi connectivity index (χ0n) is 12.8. The Labute approximate surface area is 135 Å². The minimum Gasteiger partial charge on any atom is -0.387 e. The van der Waals surface area contributed by atoms with Gasteiger partial charge in [0.1, 0.15) is 0 Å². The first-order valence-corrected chi connectivity index (χ1v) is 9.29. The number of nitrogens with one attached hydrogen (secondary N) is 1. The maximum Gasteiger partial charge on any atom is 0.200 e. The molecule has 0 aliphatic heterocycles. The Hall–Kier alpha value is -1.44. The molecule has 2 aromatic rings. The number of aromatic nitrogens is 1. The molecule has 0 aliphatic rings. The van der Waals surface area contributed by atoms with Gasteiger partial charge in [-0.05, 0) is 55.3 Å². The number of hydrogen-bond donors (Lipinski definition) is 2. The number of nitrogens with zero attached hydrogens (tertiary/aromatic N) is 1. The van der Waals surface area contributed by atoms with Crippen molar-refractivity contribution < 1.29 is 13.5 Å². The van der Waals surface area contributed by atoms with Gasteiger partial charge in [-0.1, -0.05) is 0 Å². The van der Waals surface area contributed by atoms with Crippen LogP contribution in [0.15, 0.2) is 40.2 Å². The second-order valence-electron chi connectivity index (χ2n) is 5.95. The van der Waals surface area contributed by atoms with Crippen LogP contribution in [0.25, 0.3) is 0 Å². The molecule has 0 bridgehead atoms. The van der Waals surface area contributed by atoms with Crippen LogP contribution in [0.2, 0.25) is 0 Å². The van der Waals surface area contributed by atoms with E-state index in [0.717, 1.165) is 5.56 Å². The molecule has 0 unspecified atom stereocenters. The van der Waals surface area contributed by atoms with E-state index in [2.05, 4.69) is 10.3 Å². The fourth-order valence-electron chi connectivity index (χ4n) is 1.75. The van der Waals surface area contributed by atoms with Crippen LogP contribution in [0.5, 0.6) is 0 Å². The number of hydrogen-bond acceptors (Lipinski definition) is 6. The monoisotopic (exact) mass is 340 g/mol. The van der Waals surface area contributed by atoms with Gasteiger partial charge in [-0.25, -0.2) is 13.4 Å². The number of aliphatic hydroxyl groups excluding tert-OH is 1. The van der Waals surface area contributed by atoms with Crippen molar-refractivity contribution in [2.45, 2.75) is 36.6 Å². The molecule has 0 aliphatic carbocycles. The van der Waals surface area contributed by atoms with Gasteiger partial charge < -0.3 is 10.4 Å². The summed E-state index contributed by atoms with van der Waals surface area (Å²) in [4.78, 5) is 4.03. The molecule has 0 radical (unpaired) electrons. The average Bonchev–Trinajstić information content (AvgIpc) is 2.98. The van der Waals surface area contributed by atoms with Gasteiger partial charge in [0.05, 0.1) is 22.7 Å². The highest BCUT2D eigenvalue weighted by Crippen LogP contribution is 2.24. The summed E-state index contributed by atoms with van der Waals surface area (Å²) in [5.74, 6) is 0. The topological polar surface area (TPSA) is 79.3 Å². The molecular weight excluding hydrogens is 320 g/mol. The maximum atomic E-state index is 12.3. The Bertz CT molecular complexity index is 702. The second kappa shape index (κ2) is 6.36. The molecule has 0 amide bonds. The van der Waals surface area contributed by atoms with Crippen molar-refractivity contribution in [3.8, 4) is 0 Å². The summed E-state index contributed by atoms with van der Waals surface area (Å²) in [6.45, 7) is 5.28. The van der Waals surface area contributed by atoms with Crippen molar-refractivity contribution in [1.29, 1.82) is 0 Å². The smallest absolute Gasteiger partial charge is 0.200 e. The molecule has 2 N–H and O–H groups in total. The SMILES string of the molecule is CC(C)(C)S(=O)(=O)c1ccc(NC[C@@H](O)c2ccsc2)cn1. The molecule has 2 aromatic heterocycles. The number of aliphatic hydroxyl groups is 1. The quantitative estimate of drug-likeness (QED) is 0.875. The molecule has 7 heteroatoms. The second-order valence-corrected chi connectivity index (χ2v) is 9.38. The third kappa shape index (κ3) is 3.66. The number of thiophene rings is 1. The van der Waals surface area contributed by atoms with Crippen molar-refractivity contribution in [1.82, 2.24) is 4.98 Å². The Kier molecular flexibility index (Phi) is 4.89. The lowest BCUT2D eigenvalue weighted by Crippen LogP contribution is -2.28. The summed E-state index contributed by atoms with van der Waals surface area (Å²) in [5.41, 5.74) is 1.53. The molecule has 1 atom stereocenters. The van der Waals surface area contributed by atoms with Crippen molar-refractivity contribution in [2.24, 2.45) is 0 Å². The minimum absolute atomic E-state index is 0.0592. The summed E-state index contributed by atoms with van der Waals surface area (Å²) < 4.78 is 23.6. The average molecular weight is 340 g/mol. The fraction of sp³-hybridized carbons (Fsp3) is 0.400. The van der Waals surface area contributed by atoms with E-state index in [9.17, 15) is 13.5 Å². The molecule has 0 saturated heterocycles. The number of sulfone groups is 1. The predicted octanol–water partition coefficient (Wildman–Crippen LogP) is 2.86. The van der Waals surface area contributed by atoms with Crippen LogP contribution in [0.4, 0.5) is 5.69 Å². The summed E-state index contributed by atoms with van der Waals surface area (Å²) >= 11 is 1.53.